The maximum absolute atomic E-state index is 12.4. The normalized spacial score (nSPS) is 18.6. The highest BCUT2D eigenvalue weighted by molar-refractivity contribution is 5.95. The van der Waals surface area contributed by atoms with Gasteiger partial charge < -0.3 is 19.5 Å². The van der Waals surface area contributed by atoms with Crippen molar-refractivity contribution in [1.29, 1.82) is 0 Å². The van der Waals surface area contributed by atoms with Crippen LogP contribution in [0.3, 0.4) is 0 Å². The zero-order valence-corrected chi connectivity index (χ0v) is 13.3. The molecule has 23 heavy (non-hydrogen) atoms. The van der Waals surface area contributed by atoms with E-state index in [1.165, 1.54) is 0 Å². The molecule has 0 aromatic heterocycles. The molecule has 1 heterocycles. The van der Waals surface area contributed by atoms with Crippen molar-refractivity contribution in [2.75, 3.05) is 26.8 Å². The molecule has 6 heteroatoms. The second-order valence-corrected chi connectivity index (χ2v) is 5.40. The number of carbonyl (C=O) groups is 2. The minimum Gasteiger partial charge on any atom is -0.496 e. The van der Waals surface area contributed by atoms with Crippen molar-refractivity contribution in [1.82, 2.24) is 4.90 Å². The van der Waals surface area contributed by atoms with Gasteiger partial charge >= 0.3 is 5.97 Å². The zero-order valence-electron chi connectivity index (χ0n) is 13.3. The van der Waals surface area contributed by atoms with E-state index in [0.29, 0.717) is 25.4 Å². The Bertz CT molecular complexity index is 611. The molecular formula is C17H21NO5. The third-order valence-electron chi connectivity index (χ3n) is 3.72. The molecule has 1 aliphatic heterocycles. The van der Waals surface area contributed by atoms with Gasteiger partial charge in [0.05, 0.1) is 26.2 Å². The fourth-order valence-corrected chi connectivity index (χ4v) is 2.56. The Kier molecular flexibility index (Phi) is 5.76. The Morgan fingerprint density at radius 1 is 1.43 bits per heavy atom. The summed E-state index contributed by atoms with van der Waals surface area (Å²) in [5.74, 6) is -0.364. The Labute approximate surface area is 135 Å². The minimum atomic E-state index is -0.926. The van der Waals surface area contributed by atoms with E-state index in [9.17, 15) is 9.59 Å². The highest BCUT2D eigenvalue weighted by atomic mass is 16.5. The molecule has 1 aliphatic rings. The number of allylic oxidation sites excluding steroid dienone is 1. The van der Waals surface area contributed by atoms with E-state index < -0.39 is 12.1 Å². The third-order valence-corrected chi connectivity index (χ3v) is 3.72. The number of amides is 1. The summed E-state index contributed by atoms with van der Waals surface area (Å²) in [5.41, 5.74) is 1.66. The monoisotopic (exact) mass is 319 g/mol. The molecular weight excluding hydrogens is 298 g/mol. The van der Waals surface area contributed by atoms with Gasteiger partial charge in [0.25, 0.3) is 0 Å². The van der Waals surface area contributed by atoms with E-state index in [1.54, 1.807) is 18.1 Å². The molecule has 1 aromatic carbocycles. The highest BCUT2D eigenvalue weighted by Gasteiger charge is 2.25. The van der Waals surface area contributed by atoms with Crippen LogP contribution in [-0.2, 0) is 14.3 Å². The van der Waals surface area contributed by atoms with Gasteiger partial charge in [-0.25, -0.2) is 0 Å². The van der Waals surface area contributed by atoms with Crippen molar-refractivity contribution in [2.45, 2.75) is 19.4 Å². The molecule has 1 N–H and O–H groups in total. The van der Waals surface area contributed by atoms with Crippen LogP contribution in [-0.4, -0.2) is 54.8 Å². The minimum absolute atomic E-state index is 0.0982. The SMILES string of the molecule is COc1ccccc1C(C)=CC(=O)N1CCOC(CC(=O)O)C1. The van der Waals surface area contributed by atoms with Crippen LogP contribution in [0.5, 0.6) is 5.75 Å². The molecule has 2 rings (SSSR count). The summed E-state index contributed by atoms with van der Waals surface area (Å²) in [5, 5.41) is 8.83. The molecule has 1 atom stereocenters. The van der Waals surface area contributed by atoms with Crippen LogP contribution in [0.2, 0.25) is 0 Å². The number of carboxylic acids is 1. The van der Waals surface area contributed by atoms with Crippen LogP contribution >= 0.6 is 0 Å². The number of ether oxygens (including phenoxy) is 2. The first-order valence-electron chi connectivity index (χ1n) is 7.45. The lowest BCUT2D eigenvalue weighted by Crippen LogP contribution is -2.45. The van der Waals surface area contributed by atoms with Gasteiger partial charge in [-0.15, -0.1) is 0 Å². The van der Waals surface area contributed by atoms with Gasteiger partial charge in [-0.05, 0) is 18.6 Å². The Morgan fingerprint density at radius 2 is 2.17 bits per heavy atom. The lowest BCUT2D eigenvalue weighted by molar-refractivity contribution is -0.145. The summed E-state index contributed by atoms with van der Waals surface area (Å²) in [6, 6.07) is 7.49. The maximum Gasteiger partial charge on any atom is 0.306 e. The van der Waals surface area contributed by atoms with Crippen molar-refractivity contribution in [2.24, 2.45) is 0 Å². The number of para-hydroxylation sites is 1. The molecule has 0 aliphatic carbocycles. The Morgan fingerprint density at radius 3 is 2.87 bits per heavy atom. The molecule has 1 saturated heterocycles. The van der Waals surface area contributed by atoms with Gasteiger partial charge in [-0.2, -0.15) is 0 Å². The second kappa shape index (κ2) is 7.78. The molecule has 1 amide bonds. The number of methoxy groups -OCH3 is 1. The first-order valence-corrected chi connectivity index (χ1v) is 7.45. The molecule has 1 unspecified atom stereocenters. The van der Waals surface area contributed by atoms with Crippen LogP contribution in [0.4, 0.5) is 0 Å². The van der Waals surface area contributed by atoms with E-state index in [4.69, 9.17) is 14.6 Å². The Balaban J connectivity index is 2.09. The fraction of sp³-hybridized carbons (Fsp3) is 0.412. The standard InChI is InChI=1S/C17H21NO5/c1-12(14-5-3-4-6-15(14)22-2)9-16(19)18-7-8-23-13(11-18)10-17(20)21/h3-6,9,13H,7-8,10-11H2,1-2H3,(H,20,21). The van der Waals surface area contributed by atoms with Crippen molar-refractivity contribution < 1.29 is 24.2 Å². The molecule has 0 bridgehead atoms. The number of rotatable bonds is 5. The van der Waals surface area contributed by atoms with Crippen molar-refractivity contribution in [3.8, 4) is 5.75 Å². The first kappa shape index (κ1) is 17.0. The summed E-state index contributed by atoms with van der Waals surface area (Å²) in [4.78, 5) is 24.8. The predicted octanol–water partition coefficient (Wildman–Crippen LogP) is 1.80. The van der Waals surface area contributed by atoms with Crippen LogP contribution in [0.25, 0.3) is 5.57 Å². The number of morpholine rings is 1. The van der Waals surface area contributed by atoms with E-state index in [1.807, 2.05) is 31.2 Å². The Hall–Kier alpha value is -2.34. The second-order valence-electron chi connectivity index (χ2n) is 5.40. The molecule has 1 aromatic rings. The van der Waals surface area contributed by atoms with Crippen molar-refractivity contribution in [3.05, 3.63) is 35.9 Å². The fourth-order valence-electron chi connectivity index (χ4n) is 2.56. The number of nitrogens with zero attached hydrogens (tertiary/aromatic N) is 1. The number of hydrogen-bond acceptors (Lipinski definition) is 4. The first-order chi connectivity index (χ1) is 11.0. The van der Waals surface area contributed by atoms with Crippen LogP contribution in [0, 0.1) is 0 Å². The molecule has 124 valence electrons. The molecule has 0 spiro atoms. The molecule has 1 fully saturated rings. The van der Waals surface area contributed by atoms with Gasteiger partial charge in [0, 0.05) is 24.7 Å². The predicted molar refractivity (Wildman–Crippen MR) is 85.2 cm³/mol. The molecule has 0 saturated carbocycles. The number of benzene rings is 1. The number of aliphatic carboxylic acids is 1. The summed E-state index contributed by atoms with van der Waals surface area (Å²) in [6.07, 6.45) is 1.00. The van der Waals surface area contributed by atoms with Crippen LogP contribution in [0.15, 0.2) is 30.3 Å². The summed E-state index contributed by atoms with van der Waals surface area (Å²) in [7, 11) is 1.59. The zero-order chi connectivity index (χ0) is 16.8. The third kappa shape index (κ3) is 4.56. The topological polar surface area (TPSA) is 76.1 Å². The quantitative estimate of drug-likeness (QED) is 0.838. The van der Waals surface area contributed by atoms with E-state index in [2.05, 4.69) is 0 Å². The molecule has 6 nitrogen and oxygen atoms in total. The highest BCUT2D eigenvalue weighted by Crippen LogP contribution is 2.25. The van der Waals surface area contributed by atoms with E-state index >= 15 is 0 Å². The number of carbonyl (C=O) groups excluding carboxylic acids is 1. The van der Waals surface area contributed by atoms with Gasteiger partial charge in [0.2, 0.25) is 5.91 Å². The van der Waals surface area contributed by atoms with Crippen LogP contribution < -0.4 is 4.74 Å². The van der Waals surface area contributed by atoms with Gasteiger partial charge in [-0.3, -0.25) is 9.59 Å². The summed E-state index contributed by atoms with van der Waals surface area (Å²) in [6.45, 7) is 2.96. The smallest absolute Gasteiger partial charge is 0.306 e. The lowest BCUT2D eigenvalue weighted by Gasteiger charge is -2.31. The van der Waals surface area contributed by atoms with Gasteiger partial charge in [0.1, 0.15) is 5.75 Å². The maximum atomic E-state index is 12.4. The van der Waals surface area contributed by atoms with Crippen molar-refractivity contribution >= 4 is 17.4 Å². The van der Waals surface area contributed by atoms with Gasteiger partial charge in [-0.1, -0.05) is 18.2 Å². The average molecular weight is 319 g/mol. The summed E-state index contributed by atoms with van der Waals surface area (Å²) < 4.78 is 10.7. The van der Waals surface area contributed by atoms with Gasteiger partial charge in [0.15, 0.2) is 0 Å². The van der Waals surface area contributed by atoms with E-state index in [0.717, 1.165) is 11.1 Å². The number of hydrogen-bond donors (Lipinski definition) is 1. The summed E-state index contributed by atoms with van der Waals surface area (Å²) >= 11 is 0. The lowest BCUT2D eigenvalue weighted by atomic mass is 10.1. The molecule has 0 radical (unpaired) electrons. The average Bonchev–Trinajstić information content (AvgIpc) is 2.54. The van der Waals surface area contributed by atoms with Crippen molar-refractivity contribution in [3.63, 3.8) is 0 Å². The van der Waals surface area contributed by atoms with Crippen LogP contribution in [0.1, 0.15) is 18.9 Å². The largest absolute Gasteiger partial charge is 0.496 e. The number of carboxylic acid groups (broad SMARTS) is 1. The van der Waals surface area contributed by atoms with E-state index in [-0.39, 0.29) is 12.3 Å².